The van der Waals surface area contributed by atoms with Gasteiger partial charge in [-0.1, -0.05) is 11.8 Å². The topological polar surface area (TPSA) is 72.9 Å². The molecule has 1 saturated carbocycles. The maximum Gasteiger partial charge on any atom is 0.233 e. The van der Waals surface area contributed by atoms with E-state index in [9.17, 15) is 4.79 Å². The lowest BCUT2D eigenvalue weighted by atomic mass is 10.2. The molecule has 0 aliphatic heterocycles. The Balaban J connectivity index is 1.73. The van der Waals surface area contributed by atoms with Crippen LogP contribution in [0.3, 0.4) is 0 Å². The molecule has 1 unspecified atom stereocenters. The minimum atomic E-state index is -0.188. The molecule has 7 heteroatoms. The van der Waals surface area contributed by atoms with Crippen LogP contribution in [0, 0.1) is 6.92 Å². The fourth-order valence-electron chi connectivity index (χ4n) is 2.03. The average molecular weight is 306 g/mol. The molecule has 2 aromatic heterocycles. The molecule has 1 aliphatic carbocycles. The van der Waals surface area contributed by atoms with Gasteiger partial charge in [-0.15, -0.1) is 10.2 Å². The van der Waals surface area contributed by atoms with Gasteiger partial charge in [0.05, 0.1) is 17.1 Å². The predicted octanol–water partition coefficient (Wildman–Crippen LogP) is 2.14. The number of rotatable bonds is 5. The number of hydrogen-bond donors (Lipinski definition) is 1. The molecular formula is C14H18N4O2S. The van der Waals surface area contributed by atoms with Gasteiger partial charge in [0.2, 0.25) is 5.91 Å². The molecule has 6 nitrogen and oxygen atoms in total. The fraction of sp³-hybridized carbons (Fsp3) is 0.500. The highest BCUT2D eigenvalue weighted by Gasteiger charge is 2.27. The highest BCUT2D eigenvalue weighted by atomic mass is 32.2. The molecule has 1 aliphatic rings. The smallest absolute Gasteiger partial charge is 0.233 e. The van der Waals surface area contributed by atoms with E-state index in [0.29, 0.717) is 6.04 Å². The van der Waals surface area contributed by atoms with Crippen LogP contribution in [-0.4, -0.2) is 32.0 Å². The zero-order chi connectivity index (χ0) is 15.0. The van der Waals surface area contributed by atoms with Gasteiger partial charge in [0.25, 0.3) is 0 Å². The van der Waals surface area contributed by atoms with E-state index in [-0.39, 0.29) is 11.2 Å². The Morgan fingerprint density at radius 2 is 2.29 bits per heavy atom. The number of thioether (sulfide) groups is 1. The monoisotopic (exact) mass is 306 g/mol. The van der Waals surface area contributed by atoms with Crippen molar-refractivity contribution in [2.45, 2.75) is 43.1 Å². The van der Waals surface area contributed by atoms with E-state index in [4.69, 9.17) is 4.42 Å². The third-order valence-corrected chi connectivity index (χ3v) is 4.64. The number of amides is 1. The maximum absolute atomic E-state index is 12.0. The first-order valence-corrected chi connectivity index (χ1v) is 7.85. The van der Waals surface area contributed by atoms with E-state index in [1.54, 1.807) is 6.26 Å². The molecule has 21 heavy (non-hydrogen) atoms. The molecule has 0 spiro atoms. The number of furan rings is 1. The van der Waals surface area contributed by atoms with Crippen LogP contribution in [-0.2, 0) is 11.8 Å². The summed E-state index contributed by atoms with van der Waals surface area (Å²) >= 11 is 1.42. The molecule has 2 heterocycles. The van der Waals surface area contributed by atoms with Crippen LogP contribution in [0.4, 0.5) is 0 Å². The molecular weight excluding hydrogens is 288 g/mol. The first-order chi connectivity index (χ1) is 10.1. The molecule has 1 N–H and O–H groups in total. The standard InChI is InChI=1S/C14H18N4O2S/c1-8-11(6-7-20-8)12-16-17-14(18(12)3)21-9(2)13(19)15-10-4-5-10/h6-7,9-10H,4-5H2,1-3H3,(H,15,19). The number of carbonyl (C=O) groups is 1. The van der Waals surface area contributed by atoms with Crippen molar-refractivity contribution in [1.29, 1.82) is 0 Å². The van der Waals surface area contributed by atoms with Crippen molar-refractivity contribution in [2.24, 2.45) is 7.05 Å². The normalized spacial score (nSPS) is 16.0. The summed E-state index contributed by atoms with van der Waals surface area (Å²) in [6, 6.07) is 2.25. The molecule has 1 atom stereocenters. The third kappa shape index (κ3) is 2.97. The van der Waals surface area contributed by atoms with Crippen LogP contribution in [0.25, 0.3) is 11.4 Å². The van der Waals surface area contributed by atoms with Gasteiger partial charge in [-0.2, -0.15) is 0 Å². The first-order valence-electron chi connectivity index (χ1n) is 6.97. The van der Waals surface area contributed by atoms with E-state index in [2.05, 4.69) is 15.5 Å². The third-order valence-electron chi connectivity index (χ3n) is 3.51. The molecule has 112 valence electrons. The minimum absolute atomic E-state index is 0.0616. The molecule has 1 amide bonds. The molecule has 2 aromatic rings. The van der Waals surface area contributed by atoms with Gasteiger partial charge < -0.3 is 14.3 Å². The number of aryl methyl sites for hydroxylation is 1. The van der Waals surface area contributed by atoms with Gasteiger partial charge in [-0.3, -0.25) is 4.79 Å². The number of hydrogen-bond acceptors (Lipinski definition) is 5. The Morgan fingerprint density at radius 3 is 2.90 bits per heavy atom. The van der Waals surface area contributed by atoms with E-state index in [1.807, 2.05) is 31.5 Å². The summed E-state index contributed by atoms with van der Waals surface area (Å²) in [7, 11) is 1.90. The summed E-state index contributed by atoms with van der Waals surface area (Å²) < 4.78 is 7.19. The lowest BCUT2D eigenvalue weighted by Crippen LogP contribution is -2.32. The number of nitrogens with zero attached hydrogens (tertiary/aromatic N) is 3. The fourth-order valence-corrected chi connectivity index (χ4v) is 2.85. The van der Waals surface area contributed by atoms with Crippen molar-refractivity contribution >= 4 is 17.7 Å². The van der Waals surface area contributed by atoms with Gasteiger partial charge >= 0.3 is 0 Å². The van der Waals surface area contributed by atoms with Crippen molar-refractivity contribution in [1.82, 2.24) is 20.1 Å². The molecule has 0 radical (unpaired) electrons. The summed E-state index contributed by atoms with van der Waals surface area (Å²) in [5.74, 6) is 1.62. The van der Waals surface area contributed by atoms with Gasteiger partial charge in [-0.25, -0.2) is 0 Å². The maximum atomic E-state index is 12.0. The van der Waals surface area contributed by atoms with Gasteiger partial charge in [0, 0.05) is 13.1 Å². The summed E-state index contributed by atoms with van der Waals surface area (Å²) in [5, 5.41) is 11.9. The summed E-state index contributed by atoms with van der Waals surface area (Å²) in [4.78, 5) is 12.0. The molecule has 3 rings (SSSR count). The Labute approximate surface area is 127 Å². The van der Waals surface area contributed by atoms with E-state index in [0.717, 1.165) is 35.1 Å². The van der Waals surface area contributed by atoms with Crippen molar-refractivity contribution in [3.8, 4) is 11.4 Å². The lowest BCUT2D eigenvalue weighted by molar-refractivity contribution is -0.120. The largest absolute Gasteiger partial charge is 0.469 e. The summed E-state index contributed by atoms with van der Waals surface area (Å²) in [6.45, 7) is 3.78. The van der Waals surface area contributed by atoms with Crippen LogP contribution in [0.15, 0.2) is 21.9 Å². The Kier molecular flexibility index (Phi) is 3.75. The number of aromatic nitrogens is 3. The van der Waals surface area contributed by atoms with Crippen molar-refractivity contribution in [3.63, 3.8) is 0 Å². The van der Waals surface area contributed by atoms with Crippen LogP contribution in [0.1, 0.15) is 25.5 Å². The van der Waals surface area contributed by atoms with Crippen LogP contribution in [0.5, 0.6) is 0 Å². The summed E-state index contributed by atoms with van der Waals surface area (Å²) in [6.07, 6.45) is 3.83. The zero-order valence-electron chi connectivity index (χ0n) is 12.3. The minimum Gasteiger partial charge on any atom is -0.469 e. The van der Waals surface area contributed by atoms with E-state index in [1.165, 1.54) is 11.8 Å². The van der Waals surface area contributed by atoms with Gasteiger partial charge in [0.1, 0.15) is 5.76 Å². The van der Waals surface area contributed by atoms with Crippen LogP contribution < -0.4 is 5.32 Å². The second kappa shape index (κ2) is 5.55. The highest BCUT2D eigenvalue weighted by Crippen LogP contribution is 2.28. The number of carbonyl (C=O) groups excluding carboxylic acids is 1. The van der Waals surface area contributed by atoms with Crippen molar-refractivity contribution in [2.75, 3.05) is 0 Å². The second-order valence-electron chi connectivity index (χ2n) is 5.30. The second-order valence-corrected chi connectivity index (χ2v) is 6.61. The molecule has 0 aromatic carbocycles. The summed E-state index contributed by atoms with van der Waals surface area (Å²) in [5.41, 5.74) is 0.923. The lowest BCUT2D eigenvalue weighted by Gasteiger charge is -2.10. The Morgan fingerprint density at radius 1 is 1.52 bits per heavy atom. The SMILES string of the molecule is Cc1occc1-c1nnc(SC(C)C(=O)NC2CC2)n1C. The predicted molar refractivity (Wildman–Crippen MR) is 79.9 cm³/mol. The van der Waals surface area contributed by atoms with Crippen molar-refractivity contribution < 1.29 is 9.21 Å². The van der Waals surface area contributed by atoms with Crippen molar-refractivity contribution in [3.05, 3.63) is 18.1 Å². The van der Waals surface area contributed by atoms with E-state index >= 15 is 0 Å². The molecule has 1 fully saturated rings. The molecule has 0 bridgehead atoms. The quantitative estimate of drug-likeness (QED) is 0.857. The number of nitrogens with one attached hydrogen (secondary N) is 1. The van der Waals surface area contributed by atoms with Crippen LogP contribution >= 0.6 is 11.8 Å². The van der Waals surface area contributed by atoms with E-state index < -0.39 is 0 Å². The highest BCUT2D eigenvalue weighted by molar-refractivity contribution is 8.00. The van der Waals surface area contributed by atoms with Gasteiger partial charge in [-0.05, 0) is 32.8 Å². The van der Waals surface area contributed by atoms with Gasteiger partial charge in [0.15, 0.2) is 11.0 Å². The Hall–Kier alpha value is -1.76. The van der Waals surface area contributed by atoms with Crippen LogP contribution in [0.2, 0.25) is 0 Å². The average Bonchev–Trinajstić information content (AvgIpc) is 3.06. The first kappa shape index (κ1) is 14.2. The Bertz CT molecular complexity index is 660. The zero-order valence-corrected chi connectivity index (χ0v) is 13.1. The molecule has 0 saturated heterocycles.